The summed E-state index contributed by atoms with van der Waals surface area (Å²) in [7, 11) is 0. The summed E-state index contributed by atoms with van der Waals surface area (Å²) in [5.41, 5.74) is 0. The fourth-order valence-corrected chi connectivity index (χ4v) is 1.68. The van der Waals surface area contributed by atoms with Crippen LogP contribution in [-0.2, 0) is 4.79 Å². The van der Waals surface area contributed by atoms with Gasteiger partial charge in [-0.3, -0.25) is 0 Å². The van der Waals surface area contributed by atoms with E-state index >= 15 is 0 Å². The van der Waals surface area contributed by atoms with Crippen molar-refractivity contribution in [2.45, 2.75) is 45.4 Å². The van der Waals surface area contributed by atoms with Gasteiger partial charge < -0.3 is 4.74 Å². The number of hydrogen-bond acceptors (Lipinski definition) is 2. The van der Waals surface area contributed by atoms with Gasteiger partial charge in [0.1, 0.15) is 5.75 Å². The van der Waals surface area contributed by atoms with E-state index in [-0.39, 0.29) is 5.97 Å². The van der Waals surface area contributed by atoms with Crippen molar-refractivity contribution >= 4 is 5.97 Å². The van der Waals surface area contributed by atoms with E-state index < -0.39 is 0 Å². The van der Waals surface area contributed by atoms with Crippen molar-refractivity contribution in [1.82, 2.24) is 0 Å². The number of carbonyl (C=O) groups excluding carboxylic acids is 1. The molecule has 0 fully saturated rings. The summed E-state index contributed by atoms with van der Waals surface area (Å²) in [5.74, 6) is 0.296. The Labute approximate surface area is 110 Å². The van der Waals surface area contributed by atoms with Gasteiger partial charge in [-0.25, -0.2) is 4.79 Å². The van der Waals surface area contributed by atoms with Gasteiger partial charge in [-0.05, 0) is 25.0 Å². The van der Waals surface area contributed by atoms with Gasteiger partial charge in [-0.15, -0.1) is 0 Å². The highest BCUT2D eigenvalue weighted by atomic mass is 16.5. The molecule has 0 radical (unpaired) electrons. The number of esters is 1. The maximum Gasteiger partial charge on any atom is 0.335 e. The molecule has 0 aliphatic carbocycles. The van der Waals surface area contributed by atoms with Crippen molar-refractivity contribution in [1.29, 1.82) is 0 Å². The van der Waals surface area contributed by atoms with Crippen LogP contribution in [0.25, 0.3) is 0 Å². The number of unbranched alkanes of at least 4 members (excludes halogenated alkanes) is 5. The quantitative estimate of drug-likeness (QED) is 0.292. The molecule has 0 saturated heterocycles. The Balaban J connectivity index is 2.12. The molecule has 0 unspecified atom stereocenters. The van der Waals surface area contributed by atoms with E-state index in [4.69, 9.17) is 4.74 Å². The van der Waals surface area contributed by atoms with Gasteiger partial charge in [0.05, 0.1) is 0 Å². The Morgan fingerprint density at radius 1 is 1.11 bits per heavy atom. The summed E-state index contributed by atoms with van der Waals surface area (Å²) >= 11 is 0. The van der Waals surface area contributed by atoms with E-state index in [1.807, 2.05) is 24.3 Å². The number of para-hydroxylation sites is 1. The normalized spacial score (nSPS) is 10.7. The molecule has 0 amide bonds. The summed E-state index contributed by atoms with van der Waals surface area (Å²) in [4.78, 5) is 11.4. The molecule has 0 aliphatic heterocycles. The predicted molar refractivity (Wildman–Crippen MR) is 74.6 cm³/mol. The second-order valence-electron chi connectivity index (χ2n) is 4.34. The maximum atomic E-state index is 11.4. The first-order valence-electron chi connectivity index (χ1n) is 6.76. The summed E-state index contributed by atoms with van der Waals surface area (Å²) in [6, 6.07) is 9.14. The minimum atomic E-state index is -0.297. The van der Waals surface area contributed by atoms with Gasteiger partial charge in [0.2, 0.25) is 0 Å². The molecule has 0 saturated carbocycles. The molecule has 0 aromatic heterocycles. The molecule has 2 heteroatoms. The highest BCUT2D eigenvalue weighted by molar-refractivity contribution is 5.83. The fourth-order valence-electron chi connectivity index (χ4n) is 1.68. The molecule has 1 aromatic rings. The first kappa shape index (κ1) is 14.5. The monoisotopic (exact) mass is 246 g/mol. The average Bonchev–Trinajstić information content (AvgIpc) is 2.39. The molecular formula is C16H22O2. The first-order valence-corrected chi connectivity index (χ1v) is 6.76. The van der Waals surface area contributed by atoms with Crippen LogP contribution in [0.15, 0.2) is 42.5 Å². The lowest BCUT2D eigenvalue weighted by Crippen LogP contribution is -2.03. The highest BCUT2D eigenvalue weighted by Crippen LogP contribution is 2.09. The third-order valence-electron chi connectivity index (χ3n) is 2.69. The van der Waals surface area contributed by atoms with Crippen molar-refractivity contribution in [2.24, 2.45) is 0 Å². The number of benzene rings is 1. The SMILES string of the molecule is CCCCCCCC=CC(=O)Oc1ccccc1. The summed E-state index contributed by atoms with van der Waals surface area (Å²) in [5, 5.41) is 0. The Kier molecular flexibility index (Phi) is 7.61. The summed E-state index contributed by atoms with van der Waals surface area (Å²) in [6.45, 7) is 2.21. The van der Waals surface area contributed by atoms with Crippen molar-refractivity contribution < 1.29 is 9.53 Å². The van der Waals surface area contributed by atoms with E-state index in [1.54, 1.807) is 12.1 Å². The molecule has 0 aliphatic rings. The van der Waals surface area contributed by atoms with Crippen molar-refractivity contribution in [3.05, 3.63) is 42.5 Å². The molecule has 0 spiro atoms. The van der Waals surface area contributed by atoms with Gasteiger partial charge in [0.15, 0.2) is 0 Å². The van der Waals surface area contributed by atoms with E-state index in [2.05, 4.69) is 6.92 Å². The van der Waals surface area contributed by atoms with Crippen LogP contribution in [0.2, 0.25) is 0 Å². The van der Waals surface area contributed by atoms with Gasteiger partial charge >= 0.3 is 5.97 Å². The summed E-state index contributed by atoms with van der Waals surface area (Å²) < 4.78 is 5.13. The third kappa shape index (κ3) is 6.89. The zero-order valence-electron chi connectivity index (χ0n) is 11.1. The fraction of sp³-hybridized carbons (Fsp3) is 0.438. The standard InChI is InChI=1S/C16H22O2/c1-2-3-4-5-6-7-11-14-16(17)18-15-12-9-8-10-13-15/h8-14H,2-7H2,1H3. The van der Waals surface area contributed by atoms with Gasteiger partial charge in [-0.1, -0.05) is 56.9 Å². The molecule has 0 N–H and O–H groups in total. The predicted octanol–water partition coefficient (Wildman–Crippen LogP) is 4.51. The molecule has 1 rings (SSSR count). The van der Waals surface area contributed by atoms with Crippen LogP contribution in [0.3, 0.4) is 0 Å². The molecule has 1 aromatic carbocycles. The number of carbonyl (C=O) groups is 1. The lowest BCUT2D eigenvalue weighted by molar-refractivity contribution is -0.129. The third-order valence-corrected chi connectivity index (χ3v) is 2.69. The van der Waals surface area contributed by atoms with Gasteiger partial charge in [-0.2, -0.15) is 0 Å². The van der Waals surface area contributed by atoms with E-state index in [0.717, 1.165) is 12.8 Å². The first-order chi connectivity index (χ1) is 8.83. The van der Waals surface area contributed by atoms with E-state index in [9.17, 15) is 4.79 Å². The molecule has 0 bridgehead atoms. The zero-order valence-corrected chi connectivity index (χ0v) is 11.1. The Morgan fingerprint density at radius 2 is 1.83 bits per heavy atom. The van der Waals surface area contributed by atoms with Gasteiger partial charge in [0, 0.05) is 6.08 Å². The lowest BCUT2D eigenvalue weighted by atomic mass is 10.1. The van der Waals surface area contributed by atoms with Crippen LogP contribution in [0.5, 0.6) is 5.75 Å². The second kappa shape index (κ2) is 9.46. The van der Waals surface area contributed by atoms with E-state index in [1.165, 1.54) is 31.8 Å². The van der Waals surface area contributed by atoms with Crippen LogP contribution < -0.4 is 4.74 Å². The Bertz CT molecular complexity index is 355. The second-order valence-corrected chi connectivity index (χ2v) is 4.34. The molecular weight excluding hydrogens is 224 g/mol. The minimum absolute atomic E-state index is 0.297. The number of rotatable bonds is 8. The smallest absolute Gasteiger partial charge is 0.335 e. The maximum absolute atomic E-state index is 11.4. The molecule has 18 heavy (non-hydrogen) atoms. The van der Waals surface area contributed by atoms with Crippen LogP contribution in [-0.4, -0.2) is 5.97 Å². The topological polar surface area (TPSA) is 26.3 Å². The zero-order chi connectivity index (χ0) is 13.1. The highest BCUT2D eigenvalue weighted by Gasteiger charge is 1.98. The average molecular weight is 246 g/mol. The Hall–Kier alpha value is -1.57. The van der Waals surface area contributed by atoms with Crippen LogP contribution in [0.4, 0.5) is 0 Å². The van der Waals surface area contributed by atoms with E-state index in [0.29, 0.717) is 5.75 Å². The van der Waals surface area contributed by atoms with Gasteiger partial charge in [0.25, 0.3) is 0 Å². The van der Waals surface area contributed by atoms with Crippen LogP contribution >= 0.6 is 0 Å². The molecule has 2 nitrogen and oxygen atoms in total. The largest absolute Gasteiger partial charge is 0.423 e. The van der Waals surface area contributed by atoms with Crippen LogP contribution in [0.1, 0.15) is 45.4 Å². The number of ether oxygens (including phenoxy) is 1. The number of allylic oxidation sites excluding steroid dienone is 1. The van der Waals surface area contributed by atoms with Crippen molar-refractivity contribution in [3.63, 3.8) is 0 Å². The number of hydrogen-bond donors (Lipinski definition) is 0. The Morgan fingerprint density at radius 3 is 2.56 bits per heavy atom. The van der Waals surface area contributed by atoms with Crippen LogP contribution in [0, 0.1) is 0 Å². The molecule has 98 valence electrons. The minimum Gasteiger partial charge on any atom is -0.423 e. The molecule has 0 heterocycles. The van der Waals surface area contributed by atoms with Crippen molar-refractivity contribution in [2.75, 3.05) is 0 Å². The van der Waals surface area contributed by atoms with Crippen molar-refractivity contribution in [3.8, 4) is 5.75 Å². The summed E-state index contributed by atoms with van der Waals surface area (Å²) in [6.07, 6.45) is 10.6. The lowest BCUT2D eigenvalue weighted by Gasteiger charge is -1.99. The molecule has 0 atom stereocenters.